The van der Waals surface area contributed by atoms with Gasteiger partial charge in [0.05, 0.1) is 11.1 Å². The summed E-state index contributed by atoms with van der Waals surface area (Å²) in [6, 6.07) is 20.8. The fourth-order valence-corrected chi connectivity index (χ4v) is 6.59. The van der Waals surface area contributed by atoms with Crippen LogP contribution in [0.25, 0.3) is 11.3 Å². The van der Waals surface area contributed by atoms with Crippen LogP contribution in [-0.2, 0) is 10.3 Å². The van der Waals surface area contributed by atoms with Crippen molar-refractivity contribution >= 4 is 22.4 Å². The number of anilines is 1. The van der Waals surface area contributed by atoms with Crippen LogP contribution in [0.1, 0.15) is 41.5 Å². The monoisotopic (exact) mass is 485 g/mol. The molecule has 2 bridgehead atoms. The average Bonchev–Trinajstić information content (AvgIpc) is 3.33. The normalized spacial score (nSPS) is 23.9. The van der Waals surface area contributed by atoms with Gasteiger partial charge in [0.2, 0.25) is 5.91 Å². The summed E-state index contributed by atoms with van der Waals surface area (Å²) in [7, 11) is 0. The average molecular weight is 486 g/mol. The third kappa shape index (κ3) is 2.99. The number of thiazole rings is 1. The predicted molar refractivity (Wildman–Crippen MR) is 131 cm³/mol. The van der Waals surface area contributed by atoms with Gasteiger partial charge in [0.15, 0.2) is 5.13 Å². The molecule has 1 amide bonds. The summed E-state index contributed by atoms with van der Waals surface area (Å²) < 4.78 is 13.3. The molecule has 0 radical (unpaired) electrons. The van der Waals surface area contributed by atoms with Crippen LogP contribution in [0.5, 0.6) is 0 Å². The number of nitrogens with zero attached hydrogens (tertiary/aromatic N) is 2. The second kappa shape index (κ2) is 7.55. The maximum absolute atomic E-state index is 13.8. The van der Waals surface area contributed by atoms with Gasteiger partial charge in [-0.05, 0) is 42.3 Å². The van der Waals surface area contributed by atoms with Crippen molar-refractivity contribution in [2.24, 2.45) is 5.41 Å². The maximum atomic E-state index is 13.8. The van der Waals surface area contributed by atoms with Gasteiger partial charge in [-0.3, -0.25) is 14.9 Å². The molecule has 1 N–H and O–H groups in total. The van der Waals surface area contributed by atoms with Gasteiger partial charge in [-0.2, -0.15) is 0 Å². The van der Waals surface area contributed by atoms with Crippen molar-refractivity contribution in [1.82, 2.24) is 4.98 Å². The van der Waals surface area contributed by atoms with E-state index in [9.17, 15) is 19.3 Å². The zero-order valence-electron chi connectivity index (χ0n) is 18.7. The SMILES string of the molecule is CC1(C(=O)Nc2nc(-c3ccc(F)cc3)cs2)CC2([N+](=O)[O-])c3ccccc3C1c1ccccc12. The van der Waals surface area contributed by atoms with E-state index in [0.29, 0.717) is 22.0 Å². The number of amides is 1. The van der Waals surface area contributed by atoms with E-state index in [1.807, 2.05) is 55.5 Å². The van der Waals surface area contributed by atoms with Crippen LogP contribution in [0.3, 0.4) is 0 Å². The standard InChI is InChI=1S/C27H20FN3O3S/c1-26(24(32)30-25-29-22(14-35-25)16-10-12-17(28)13-11-16)15-27(31(33)34)20-8-4-2-6-18(20)23(26)19-7-3-5-9-21(19)27/h2-14,23H,15H2,1H3,(H,29,30,32). The molecule has 1 heterocycles. The highest BCUT2D eigenvalue weighted by atomic mass is 32.1. The van der Waals surface area contributed by atoms with Gasteiger partial charge in [-0.1, -0.05) is 48.5 Å². The van der Waals surface area contributed by atoms with Gasteiger partial charge in [0.1, 0.15) is 5.82 Å². The van der Waals surface area contributed by atoms with E-state index in [-0.39, 0.29) is 29.0 Å². The smallest absolute Gasteiger partial charge is 0.273 e. The number of carbonyl (C=O) groups is 1. The molecule has 35 heavy (non-hydrogen) atoms. The molecule has 6 nitrogen and oxygen atoms in total. The number of fused-ring (bicyclic) bond motifs is 1. The largest absolute Gasteiger partial charge is 0.301 e. The molecule has 1 atom stereocenters. The van der Waals surface area contributed by atoms with Crippen molar-refractivity contribution < 1.29 is 14.1 Å². The first kappa shape index (κ1) is 21.6. The zero-order valence-corrected chi connectivity index (χ0v) is 19.5. The molecule has 0 spiro atoms. The van der Waals surface area contributed by atoms with Gasteiger partial charge in [0, 0.05) is 39.3 Å². The second-order valence-corrected chi connectivity index (χ2v) is 10.2. The van der Waals surface area contributed by atoms with Crippen LogP contribution in [-0.4, -0.2) is 15.8 Å². The Kier molecular flexibility index (Phi) is 4.66. The van der Waals surface area contributed by atoms with Crippen molar-refractivity contribution in [3.8, 4) is 11.3 Å². The third-order valence-corrected chi connectivity index (χ3v) is 8.15. The van der Waals surface area contributed by atoms with Crippen molar-refractivity contribution in [2.75, 3.05) is 5.32 Å². The summed E-state index contributed by atoms with van der Waals surface area (Å²) in [5, 5.41) is 17.9. The number of aromatic nitrogens is 1. The Balaban J connectivity index is 1.42. The fraction of sp³-hybridized carbons (Fsp3) is 0.185. The van der Waals surface area contributed by atoms with E-state index < -0.39 is 11.0 Å². The van der Waals surface area contributed by atoms with E-state index >= 15 is 0 Å². The number of hydrogen-bond acceptors (Lipinski definition) is 5. The molecule has 3 aliphatic carbocycles. The van der Waals surface area contributed by atoms with Crippen LogP contribution in [0.4, 0.5) is 9.52 Å². The Bertz CT molecular complexity index is 1450. The summed E-state index contributed by atoms with van der Waals surface area (Å²) in [6.07, 6.45) is 0.0493. The first-order valence-corrected chi connectivity index (χ1v) is 12.1. The first-order valence-electron chi connectivity index (χ1n) is 11.2. The Hall–Kier alpha value is -3.91. The first-order chi connectivity index (χ1) is 16.8. The number of nitro groups is 1. The highest BCUT2D eigenvalue weighted by molar-refractivity contribution is 7.14. The molecule has 0 saturated heterocycles. The zero-order chi connectivity index (χ0) is 24.4. The Morgan fingerprint density at radius 3 is 2.26 bits per heavy atom. The van der Waals surface area contributed by atoms with E-state index in [1.54, 1.807) is 17.5 Å². The minimum Gasteiger partial charge on any atom is -0.301 e. The lowest BCUT2D eigenvalue weighted by Gasteiger charge is -2.52. The number of carbonyl (C=O) groups excluding carboxylic acids is 1. The second-order valence-electron chi connectivity index (χ2n) is 9.32. The lowest BCUT2D eigenvalue weighted by Crippen LogP contribution is -2.57. The summed E-state index contributed by atoms with van der Waals surface area (Å²) in [6.45, 7) is 1.81. The summed E-state index contributed by atoms with van der Waals surface area (Å²) in [5.41, 5.74) is 1.74. The van der Waals surface area contributed by atoms with Crippen molar-refractivity contribution in [2.45, 2.75) is 24.8 Å². The van der Waals surface area contributed by atoms with Crippen molar-refractivity contribution in [3.63, 3.8) is 0 Å². The number of benzene rings is 3. The summed E-state index contributed by atoms with van der Waals surface area (Å²) >= 11 is 1.27. The number of halogens is 1. The summed E-state index contributed by atoms with van der Waals surface area (Å²) in [5.74, 6) is -0.968. The van der Waals surface area contributed by atoms with Gasteiger partial charge < -0.3 is 5.32 Å². The highest BCUT2D eigenvalue weighted by Crippen LogP contribution is 2.64. The third-order valence-electron chi connectivity index (χ3n) is 7.39. The molecule has 0 saturated carbocycles. The van der Waals surface area contributed by atoms with Gasteiger partial charge >= 0.3 is 0 Å². The van der Waals surface area contributed by atoms with Crippen molar-refractivity contribution in [3.05, 3.63) is 116 Å². The number of rotatable bonds is 4. The number of hydrogen-bond donors (Lipinski definition) is 1. The summed E-state index contributed by atoms with van der Waals surface area (Å²) in [4.78, 5) is 30.9. The molecule has 3 aromatic carbocycles. The molecule has 1 aromatic heterocycles. The van der Waals surface area contributed by atoms with Gasteiger partial charge in [0.25, 0.3) is 5.54 Å². The molecular formula is C27H20FN3O3S. The van der Waals surface area contributed by atoms with Crippen LogP contribution in [0.15, 0.2) is 78.2 Å². The molecule has 0 aliphatic heterocycles. The van der Waals surface area contributed by atoms with Crippen molar-refractivity contribution in [1.29, 1.82) is 0 Å². The quantitative estimate of drug-likeness (QED) is 0.285. The molecule has 7 rings (SSSR count). The minimum absolute atomic E-state index is 0.0493. The Morgan fingerprint density at radius 1 is 1.06 bits per heavy atom. The highest BCUT2D eigenvalue weighted by Gasteiger charge is 2.67. The lowest BCUT2D eigenvalue weighted by molar-refractivity contribution is -0.573. The molecule has 3 aliphatic rings. The fourth-order valence-electron chi connectivity index (χ4n) is 5.87. The van der Waals surface area contributed by atoms with Crippen LogP contribution in [0.2, 0.25) is 0 Å². The van der Waals surface area contributed by atoms with Gasteiger partial charge in [-0.25, -0.2) is 9.37 Å². The molecule has 4 aromatic rings. The van der Waals surface area contributed by atoms with Crippen LogP contribution >= 0.6 is 11.3 Å². The Labute approximate surface area is 204 Å². The van der Waals surface area contributed by atoms with E-state index in [2.05, 4.69) is 10.3 Å². The van der Waals surface area contributed by atoms with Gasteiger partial charge in [-0.15, -0.1) is 11.3 Å². The van der Waals surface area contributed by atoms with E-state index in [0.717, 1.165) is 16.7 Å². The van der Waals surface area contributed by atoms with Crippen LogP contribution in [0, 0.1) is 21.3 Å². The molecule has 8 heteroatoms. The predicted octanol–water partition coefficient (Wildman–Crippen LogP) is 5.96. The van der Waals surface area contributed by atoms with E-state index in [1.165, 1.54) is 23.5 Å². The molecule has 0 fully saturated rings. The topological polar surface area (TPSA) is 85.1 Å². The minimum atomic E-state index is -1.50. The molecular weight excluding hydrogens is 465 g/mol. The Morgan fingerprint density at radius 2 is 1.66 bits per heavy atom. The molecule has 1 unspecified atom stereocenters. The van der Waals surface area contributed by atoms with E-state index in [4.69, 9.17) is 0 Å². The molecule has 174 valence electrons. The number of nitrogens with one attached hydrogen (secondary N) is 1. The lowest BCUT2D eigenvalue weighted by atomic mass is 9.49. The maximum Gasteiger partial charge on any atom is 0.273 e. The van der Waals surface area contributed by atoms with Crippen LogP contribution < -0.4 is 5.32 Å².